The zero-order valence-corrected chi connectivity index (χ0v) is 16.5. The van der Waals surface area contributed by atoms with Crippen LogP contribution >= 0.6 is 39.3 Å². The Labute approximate surface area is 165 Å². The first-order chi connectivity index (χ1) is 12.2. The maximum atomic E-state index is 6.49. The summed E-state index contributed by atoms with van der Waals surface area (Å²) in [6.07, 6.45) is 0.838. The molecule has 3 aromatic rings. The second kappa shape index (κ2) is 7.36. The predicted molar refractivity (Wildman–Crippen MR) is 111 cm³/mol. The number of hydrogen-bond acceptors (Lipinski definition) is 2. The van der Waals surface area contributed by atoms with Crippen molar-refractivity contribution in [3.8, 4) is 0 Å². The molecule has 1 atom stereocenters. The molecular formula is C21H15BrClNS. The summed E-state index contributed by atoms with van der Waals surface area (Å²) in [5.74, 6) is 0. The summed E-state index contributed by atoms with van der Waals surface area (Å²) in [6.45, 7) is 0. The van der Waals surface area contributed by atoms with Gasteiger partial charge >= 0.3 is 0 Å². The number of rotatable bonds is 2. The fourth-order valence-corrected chi connectivity index (χ4v) is 4.81. The van der Waals surface area contributed by atoms with Gasteiger partial charge in [-0.1, -0.05) is 70.0 Å². The molecule has 0 unspecified atom stereocenters. The first-order valence-corrected chi connectivity index (χ1v) is 10.1. The van der Waals surface area contributed by atoms with E-state index in [0.29, 0.717) is 0 Å². The first-order valence-electron chi connectivity index (χ1n) is 8.04. The molecule has 0 radical (unpaired) electrons. The second-order valence-corrected chi connectivity index (χ2v) is 8.43. The summed E-state index contributed by atoms with van der Waals surface area (Å²) in [6, 6.07) is 24.8. The van der Waals surface area contributed by atoms with Crippen LogP contribution in [-0.2, 0) is 0 Å². The predicted octanol–water partition coefficient (Wildman–Crippen LogP) is 7.46. The maximum absolute atomic E-state index is 6.49. The molecule has 0 fully saturated rings. The van der Waals surface area contributed by atoms with Gasteiger partial charge in [-0.2, -0.15) is 0 Å². The van der Waals surface area contributed by atoms with Crippen molar-refractivity contribution < 1.29 is 0 Å². The minimum Gasteiger partial charge on any atom is -0.252 e. The van der Waals surface area contributed by atoms with Crippen LogP contribution in [0.25, 0.3) is 0 Å². The molecule has 4 rings (SSSR count). The van der Waals surface area contributed by atoms with Crippen molar-refractivity contribution in [1.29, 1.82) is 0 Å². The van der Waals surface area contributed by atoms with Crippen molar-refractivity contribution in [3.63, 3.8) is 0 Å². The smallest absolute Gasteiger partial charge is 0.0769 e. The summed E-state index contributed by atoms with van der Waals surface area (Å²) in [5, 5.41) is 1.05. The Morgan fingerprint density at radius 3 is 2.44 bits per heavy atom. The van der Waals surface area contributed by atoms with Gasteiger partial charge in [0.25, 0.3) is 0 Å². The third kappa shape index (κ3) is 3.69. The van der Waals surface area contributed by atoms with Crippen molar-refractivity contribution in [2.75, 3.05) is 0 Å². The first kappa shape index (κ1) is 16.9. The Kier molecular flexibility index (Phi) is 4.98. The molecule has 4 heteroatoms. The van der Waals surface area contributed by atoms with Gasteiger partial charge < -0.3 is 0 Å². The number of thioether (sulfide) groups is 1. The van der Waals surface area contributed by atoms with Crippen molar-refractivity contribution >= 4 is 50.7 Å². The Bertz CT molecular complexity index is 937. The van der Waals surface area contributed by atoms with Crippen molar-refractivity contribution in [2.24, 2.45) is 4.99 Å². The summed E-state index contributed by atoms with van der Waals surface area (Å²) in [7, 11) is 0. The van der Waals surface area contributed by atoms with Gasteiger partial charge in [-0.3, -0.25) is 4.99 Å². The molecule has 0 bridgehead atoms. The Hall–Kier alpha value is -1.55. The van der Waals surface area contributed by atoms with Crippen LogP contribution in [0.2, 0.25) is 5.02 Å². The molecule has 1 aliphatic heterocycles. The SMILES string of the molecule is Clc1ccccc1[C@H]1CC(c2ccc(Br)cc2)=Nc2ccccc2S1. The van der Waals surface area contributed by atoms with Gasteiger partial charge in [0, 0.05) is 31.8 Å². The van der Waals surface area contributed by atoms with Crippen LogP contribution in [0.4, 0.5) is 5.69 Å². The highest BCUT2D eigenvalue weighted by Gasteiger charge is 2.23. The number of hydrogen-bond donors (Lipinski definition) is 0. The van der Waals surface area contributed by atoms with Gasteiger partial charge in [-0.15, -0.1) is 11.8 Å². The largest absolute Gasteiger partial charge is 0.252 e. The fraction of sp³-hybridized carbons (Fsp3) is 0.0952. The molecule has 124 valence electrons. The Morgan fingerprint density at radius 2 is 1.64 bits per heavy atom. The van der Waals surface area contributed by atoms with Crippen LogP contribution in [0.15, 0.2) is 87.2 Å². The Balaban J connectivity index is 1.82. The van der Waals surface area contributed by atoms with Crippen molar-refractivity contribution in [1.82, 2.24) is 0 Å². The van der Waals surface area contributed by atoms with Gasteiger partial charge in [0.05, 0.1) is 5.69 Å². The highest BCUT2D eigenvalue weighted by atomic mass is 79.9. The lowest BCUT2D eigenvalue weighted by Crippen LogP contribution is -2.05. The van der Waals surface area contributed by atoms with Gasteiger partial charge in [-0.25, -0.2) is 0 Å². The highest BCUT2D eigenvalue weighted by Crippen LogP contribution is 2.47. The molecule has 1 heterocycles. The van der Waals surface area contributed by atoms with Crippen molar-refractivity contribution in [3.05, 3.63) is 93.4 Å². The number of aliphatic imine (C=N–C) groups is 1. The van der Waals surface area contributed by atoms with Gasteiger partial charge in [0.15, 0.2) is 0 Å². The average molecular weight is 429 g/mol. The van der Waals surface area contributed by atoms with Crippen molar-refractivity contribution in [2.45, 2.75) is 16.6 Å². The van der Waals surface area contributed by atoms with E-state index in [1.165, 1.54) is 4.90 Å². The molecule has 3 aromatic carbocycles. The molecule has 0 saturated carbocycles. The molecule has 0 saturated heterocycles. The number of nitrogens with zero attached hydrogens (tertiary/aromatic N) is 1. The van der Waals surface area contributed by atoms with E-state index in [2.05, 4.69) is 70.5 Å². The van der Waals surface area contributed by atoms with E-state index in [-0.39, 0.29) is 5.25 Å². The van der Waals surface area contributed by atoms with Crippen LogP contribution in [0.5, 0.6) is 0 Å². The molecule has 0 aliphatic carbocycles. The third-order valence-electron chi connectivity index (χ3n) is 4.20. The minimum absolute atomic E-state index is 0.236. The average Bonchev–Trinajstić information content (AvgIpc) is 2.82. The summed E-state index contributed by atoms with van der Waals surface area (Å²) in [5.41, 5.74) is 4.43. The van der Waals surface area contributed by atoms with E-state index < -0.39 is 0 Å². The lowest BCUT2D eigenvalue weighted by Gasteiger charge is -2.17. The summed E-state index contributed by atoms with van der Waals surface area (Å²) in [4.78, 5) is 6.18. The van der Waals surface area contributed by atoms with E-state index in [1.54, 1.807) is 0 Å². The second-order valence-electron chi connectivity index (χ2n) is 5.87. The zero-order valence-electron chi connectivity index (χ0n) is 13.3. The molecule has 25 heavy (non-hydrogen) atoms. The fourth-order valence-electron chi connectivity index (χ4n) is 2.95. The summed E-state index contributed by atoms with van der Waals surface area (Å²) < 4.78 is 1.07. The van der Waals surface area contributed by atoms with Crippen LogP contribution in [0, 0.1) is 0 Å². The molecular weight excluding hydrogens is 414 g/mol. The highest BCUT2D eigenvalue weighted by molar-refractivity contribution is 9.10. The van der Waals surface area contributed by atoms with E-state index >= 15 is 0 Å². The number of para-hydroxylation sites is 1. The molecule has 0 N–H and O–H groups in total. The van der Waals surface area contributed by atoms with E-state index in [9.17, 15) is 0 Å². The third-order valence-corrected chi connectivity index (χ3v) is 6.38. The molecule has 0 spiro atoms. The van der Waals surface area contributed by atoms with E-state index in [0.717, 1.165) is 38.4 Å². The maximum Gasteiger partial charge on any atom is 0.0769 e. The van der Waals surface area contributed by atoms with Crippen LogP contribution in [0.1, 0.15) is 22.8 Å². The molecule has 0 amide bonds. The quantitative estimate of drug-likeness (QED) is 0.412. The molecule has 1 nitrogen and oxygen atoms in total. The molecule has 0 aromatic heterocycles. The normalized spacial score (nSPS) is 16.7. The number of benzene rings is 3. The van der Waals surface area contributed by atoms with Crippen LogP contribution < -0.4 is 0 Å². The topological polar surface area (TPSA) is 12.4 Å². The minimum atomic E-state index is 0.236. The standard InChI is InChI=1S/C21H15BrClNS/c22-15-11-9-14(10-12-15)19-13-21(16-5-1-2-6-17(16)23)25-20-8-4-3-7-18(20)24-19/h1-12,21H,13H2/t21-/m1/s1. The van der Waals surface area contributed by atoms with Gasteiger partial charge in [-0.05, 0) is 41.5 Å². The van der Waals surface area contributed by atoms with Gasteiger partial charge in [0.1, 0.15) is 0 Å². The molecule has 1 aliphatic rings. The van der Waals surface area contributed by atoms with Crippen LogP contribution in [-0.4, -0.2) is 5.71 Å². The lowest BCUT2D eigenvalue weighted by atomic mass is 10.0. The summed E-state index contributed by atoms with van der Waals surface area (Å²) >= 11 is 11.8. The Morgan fingerprint density at radius 1 is 0.920 bits per heavy atom. The van der Waals surface area contributed by atoms with Crippen LogP contribution in [0.3, 0.4) is 0 Å². The lowest BCUT2D eigenvalue weighted by molar-refractivity contribution is 1.01. The van der Waals surface area contributed by atoms with E-state index in [4.69, 9.17) is 16.6 Å². The zero-order chi connectivity index (χ0) is 17.2. The van der Waals surface area contributed by atoms with E-state index in [1.807, 2.05) is 30.0 Å². The van der Waals surface area contributed by atoms with Gasteiger partial charge in [0.2, 0.25) is 0 Å². The number of fused-ring (bicyclic) bond motifs is 1. The number of halogens is 2. The monoisotopic (exact) mass is 427 g/mol.